The summed E-state index contributed by atoms with van der Waals surface area (Å²) in [4.78, 5) is 4.16. The molecule has 1 fully saturated rings. The van der Waals surface area contributed by atoms with E-state index in [0.717, 1.165) is 25.7 Å². The fraction of sp³-hybridized carbons (Fsp3) is 0.500. The summed E-state index contributed by atoms with van der Waals surface area (Å²) in [7, 11) is 3.54. The number of aromatic nitrogens is 3. The maximum absolute atomic E-state index is 14.7. The Hall–Kier alpha value is -1.64. The van der Waals surface area contributed by atoms with E-state index in [-0.39, 0.29) is 23.5 Å². The topological polar surface area (TPSA) is 73.9 Å². The molecule has 130 valence electrons. The van der Waals surface area contributed by atoms with Gasteiger partial charge in [0.15, 0.2) is 17.0 Å². The first-order valence-corrected chi connectivity index (χ1v) is 9.17. The molecule has 3 rings (SSSR count). The molecule has 0 aromatic carbocycles. The molecule has 2 aromatic heterocycles. The Morgan fingerprint density at radius 2 is 2.04 bits per heavy atom. The summed E-state index contributed by atoms with van der Waals surface area (Å²) in [5.74, 6) is -0.192. The normalized spacial score (nSPS) is 22.7. The third-order valence-corrected chi connectivity index (χ3v) is 5.57. The van der Waals surface area contributed by atoms with Crippen molar-refractivity contribution in [3.63, 3.8) is 0 Å². The maximum atomic E-state index is 14.7. The number of nitrogens with zero attached hydrogens (tertiary/aromatic N) is 3. The van der Waals surface area contributed by atoms with Crippen LogP contribution in [-0.2, 0) is 11.2 Å². The van der Waals surface area contributed by atoms with E-state index in [0.29, 0.717) is 11.4 Å². The first-order chi connectivity index (χ1) is 11.6. The molecule has 0 spiro atoms. The molecule has 1 atom stereocenters. The van der Waals surface area contributed by atoms with Crippen molar-refractivity contribution in [3.05, 3.63) is 35.9 Å². The molecule has 8 heteroatoms. The van der Waals surface area contributed by atoms with Crippen LogP contribution in [0, 0.1) is 5.82 Å². The van der Waals surface area contributed by atoms with Gasteiger partial charge >= 0.3 is 0 Å². The van der Waals surface area contributed by atoms with Crippen LogP contribution in [0.5, 0.6) is 0 Å². The van der Waals surface area contributed by atoms with Crippen molar-refractivity contribution < 1.29 is 8.60 Å². The van der Waals surface area contributed by atoms with E-state index in [2.05, 4.69) is 19.9 Å². The van der Waals surface area contributed by atoms with Gasteiger partial charge in [-0.15, -0.1) is 0 Å². The summed E-state index contributed by atoms with van der Waals surface area (Å²) >= 11 is -1.17. The molecule has 0 bridgehead atoms. The molecular weight excluding hydrogens is 329 g/mol. The molecule has 1 aliphatic carbocycles. The Bertz CT molecular complexity index is 698. The predicted molar refractivity (Wildman–Crippen MR) is 91.7 cm³/mol. The number of halogens is 1. The number of aromatic amines is 1. The molecule has 1 aliphatic rings. The molecule has 0 radical (unpaired) electrons. The summed E-state index contributed by atoms with van der Waals surface area (Å²) in [6.45, 7) is 0. The molecule has 24 heavy (non-hydrogen) atoms. The lowest BCUT2D eigenvalue weighted by Crippen LogP contribution is -2.39. The zero-order chi connectivity index (χ0) is 17.1. The van der Waals surface area contributed by atoms with Gasteiger partial charge in [0.1, 0.15) is 5.69 Å². The standard InChI is InChI=1S/C16H22FN5OS/c1-22(2)24(23)21-12-8-6-11(7-9-12)15-14(17)16(20-19-15)13-5-3-4-10-18-13/h3-5,10-12,21H,6-9H2,1-2H3,(H,19,20). The molecule has 6 nitrogen and oxygen atoms in total. The average Bonchev–Trinajstić information content (AvgIpc) is 2.98. The first-order valence-electron chi connectivity index (χ1n) is 8.06. The largest absolute Gasteiger partial charge is 0.279 e. The van der Waals surface area contributed by atoms with Crippen LogP contribution in [0.25, 0.3) is 11.4 Å². The summed E-state index contributed by atoms with van der Waals surface area (Å²) in [6.07, 6.45) is 5.03. The third kappa shape index (κ3) is 3.71. The minimum absolute atomic E-state index is 0.112. The monoisotopic (exact) mass is 351 g/mol. The summed E-state index contributed by atoms with van der Waals surface area (Å²) in [5.41, 5.74) is 1.37. The van der Waals surface area contributed by atoms with Crippen molar-refractivity contribution in [3.8, 4) is 11.4 Å². The highest BCUT2D eigenvalue weighted by Gasteiger charge is 2.28. The minimum Gasteiger partial charge on any atom is -0.279 e. The van der Waals surface area contributed by atoms with Crippen molar-refractivity contribution in [1.29, 1.82) is 0 Å². The SMILES string of the molecule is CN(C)S(=O)NC1CCC(c2[nH]nc(-c3ccccn3)c2F)CC1. The number of hydrogen-bond acceptors (Lipinski definition) is 3. The third-order valence-electron chi connectivity index (χ3n) is 4.37. The zero-order valence-electron chi connectivity index (χ0n) is 13.8. The highest BCUT2D eigenvalue weighted by molar-refractivity contribution is 7.80. The lowest BCUT2D eigenvalue weighted by Gasteiger charge is -2.28. The lowest BCUT2D eigenvalue weighted by atomic mass is 9.84. The van der Waals surface area contributed by atoms with Gasteiger partial charge in [0.25, 0.3) is 0 Å². The van der Waals surface area contributed by atoms with Gasteiger partial charge in [-0.3, -0.25) is 10.1 Å². The summed E-state index contributed by atoms with van der Waals surface area (Å²) in [6, 6.07) is 5.56. The Morgan fingerprint density at radius 3 is 2.67 bits per heavy atom. The van der Waals surface area contributed by atoms with Crippen molar-refractivity contribution >= 4 is 11.2 Å². The van der Waals surface area contributed by atoms with Crippen molar-refractivity contribution in [2.24, 2.45) is 0 Å². The van der Waals surface area contributed by atoms with Crippen LogP contribution in [0.2, 0.25) is 0 Å². The molecule has 2 N–H and O–H groups in total. The van der Waals surface area contributed by atoms with Crippen LogP contribution in [0.15, 0.2) is 24.4 Å². The molecule has 1 saturated carbocycles. The second-order valence-electron chi connectivity index (χ2n) is 6.24. The molecule has 1 unspecified atom stereocenters. The smallest absolute Gasteiger partial charge is 0.173 e. The zero-order valence-corrected chi connectivity index (χ0v) is 14.6. The molecule has 0 saturated heterocycles. The molecule has 0 aliphatic heterocycles. The lowest BCUT2D eigenvalue weighted by molar-refractivity contribution is 0.364. The van der Waals surface area contributed by atoms with Gasteiger partial charge in [-0.25, -0.2) is 17.6 Å². The van der Waals surface area contributed by atoms with Crippen LogP contribution in [-0.4, -0.2) is 43.8 Å². The van der Waals surface area contributed by atoms with Gasteiger partial charge in [0, 0.05) is 32.3 Å². The number of rotatable bonds is 5. The van der Waals surface area contributed by atoms with E-state index >= 15 is 0 Å². The predicted octanol–water partition coefficient (Wildman–Crippen LogP) is 2.37. The fourth-order valence-corrected chi connectivity index (χ4v) is 3.76. The quantitative estimate of drug-likeness (QED) is 0.868. The van der Waals surface area contributed by atoms with Gasteiger partial charge < -0.3 is 0 Å². The van der Waals surface area contributed by atoms with Crippen LogP contribution >= 0.6 is 0 Å². The molecule has 2 heterocycles. The Morgan fingerprint density at radius 1 is 1.29 bits per heavy atom. The van der Waals surface area contributed by atoms with Crippen LogP contribution < -0.4 is 4.72 Å². The van der Waals surface area contributed by atoms with E-state index in [1.807, 2.05) is 6.07 Å². The number of pyridine rings is 1. The highest BCUT2D eigenvalue weighted by Crippen LogP contribution is 2.35. The Kier molecular flexibility index (Phi) is 5.37. The van der Waals surface area contributed by atoms with Crippen LogP contribution in [0.3, 0.4) is 0 Å². The Labute approximate surface area is 143 Å². The highest BCUT2D eigenvalue weighted by atomic mass is 32.2. The second kappa shape index (κ2) is 7.50. The summed E-state index contributed by atoms with van der Waals surface area (Å²) < 4.78 is 31.3. The first kappa shape index (κ1) is 17.2. The second-order valence-corrected chi connectivity index (χ2v) is 7.71. The van der Waals surface area contributed by atoms with Crippen molar-refractivity contribution in [2.75, 3.05) is 14.1 Å². The van der Waals surface area contributed by atoms with Gasteiger partial charge in [-0.2, -0.15) is 5.10 Å². The van der Waals surface area contributed by atoms with Gasteiger partial charge in [-0.1, -0.05) is 6.07 Å². The average molecular weight is 351 g/mol. The van der Waals surface area contributed by atoms with Crippen molar-refractivity contribution in [2.45, 2.75) is 37.6 Å². The van der Waals surface area contributed by atoms with E-state index in [9.17, 15) is 8.60 Å². The van der Waals surface area contributed by atoms with E-state index in [1.165, 1.54) is 0 Å². The number of hydrogen-bond donors (Lipinski definition) is 2. The molecule has 0 amide bonds. The minimum atomic E-state index is -1.17. The van der Waals surface area contributed by atoms with E-state index in [4.69, 9.17) is 0 Å². The van der Waals surface area contributed by atoms with E-state index in [1.54, 1.807) is 36.7 Å². The van der Waals surface area contributed by atoms with E-state index < -0.39 is 11.2 Å². The molecule has 2 aromatic rings. The van der Waals surface area contributed by atoms with Crippen LogP contribution in [0.4, 0.5) is 4.39 Å². The van der Waals surface area contributed by atoms with Crippen molar-refractivity contribution in [1.82, 2.24) is 24.2 Å². The fourth-order valence-electron chi connectivity index (χ4n) is 3.03. The number of nitrogens with one attached hydrogen (secondary N) is 2. The van der Waals surface area contributed by atoms with Crippen LogP contribution in [0.1, 0.15) is 37.3 Å². The maximum Gasteiger partial charge on any atom is 0.173 e. The van der Waals surface area contributed by atoms with Gasteiger partial charge in [0.05, 0.1) is 11.4 Å². The molecular formula is C16H22FN5OS. The van der Waals surface area contributed by atoms with Gasteiger partial charge in [0.2, 0.25) is 0 Å². The van der Waals surface area contributed by atoms with Gasteiger partial charge in [-0.05, 0) is 37.8 Å². The summed E-state index contributed by atoms with van der Waals surface area (Å²) in [5, 5.41) is 6.98. The number of H-pyrrole nitrogens is 1. The Balaban J connectivity index is 1.65.